The number of nitrogens with one attached hydrogen (secondary N) is 2. The van der Waals surface area contributed by atoms with Crippen molar-refractivity contribution in [2.75, 3.05) is 0 Å². The minimum absolute atomic E-state index is 0.810. The topological polar surface area (TPSA) is 30.5 Å². The van der Waals surface area contributed by atoms with Crippen molar-refractivity contribution in [2.24, 2.45) is 59.2 Å². The molecule has 4 heterocycles. The molecule has 12 rings (SSSR count). The Kier molecular flexibility index (Phi) is 13.5. The van der Waals surface area contributed by atoms with Gasteiger partial charge in [-0.3, -0.25) is 9.80 Å². The maximum absolute atomic E-state index is 4.50. The molecule has 0 aromatic carbocycles. The van der Waals surface area contributed by atoms with Crippen LogP contribution in [0.15, 0.2) is 0 Å². The first-order valence-electron chi connectivity index (χ1n) is 29.8. The first-order chi connectivity index (χ1) is 30.7. The van der Waals surface area contributed by atoms with Crippen LogP contribution in [-0.4, -0.2) is 70.2 Å². The van der Waals surface area contributed by atoms with E-state index in [0.717, 1.165) is 120 Å². The van der Waals surface area contributed by atoms with Crippen molar-refractivity contribution in [2.45, 2.75) is 304 Å². The smallest absolute Gasteiger partial charge is 0.0133 e. The Labute approximate surface area is 382 Å². The molecule has 14 atom stereocenters. The second kappa shape index (κ2) is 19.4. The van der Waals surface area contributed by atoms with E-state index in [1.807, 2.05) is 0 Å². The summed E-state index contributed by atoms with van der Waals surface area (Å²) in [5.74, 6) is 10.1. The maximum Gasteiger partial charge on any atom is 0.0133 e. The fourth-order valence-corrected chi connectivity index (χ4v) is 20.7. The molecule has 8 aliphatic carbocycles. The van der Waals surface area contributed by atoms with Gasteiger partial charge >= 0.3 is 0 Å². The SMILES string of the molecule is C1CCC(C2CC(N3C4CCCCC4C4CC(C5CCC6C(C5)C5CCCCC5N6C5CC(C6CCCCC6)NC(C6CCCCC6)C5)CCC43)CC(C3CCCCC3)N2)CC1. The predicted molar refractivity (Wildman–Crippen MR) is 258 cm³/mol. The molecule has 0 amide bonds. The van der Waals surface area contributed by atoms with E-state index in [4.69, 9.17) is 0 Å². The summed E-state index contributed by atoms with van der Waals surface area (Å²) in [6, 6.07) is 8.71. The number of rotatable bonds is 7. The standard InChI is InChI=1S/C58H98N4/c1-5-17-39(18-6-1)51-35-45(36-52(59-51)40-19-7-2-8-20-40)61-55-27-15-13-25-47(55)49-33-43(29-31-57(49)61)44-30-32-58-50(34-44)48-26-14-16-28-56(48)62(58)46-37-53(41-21-9-3-10-22-41)60-54(38-46)42-23-11-4-12-24-42/h39-60H,1-38H2. The van der Waals surface area contributed by atoms with E-state index in [1.165, 1.54) is 180 Å². The molecule has 0 aromatic heterocycles. The lowest BCUT2D eigenvalue weighted by Gasteiger charge is -2.51. The fraction of sp³-hybridized carbons (Fsp3) is 1.00. The second-order valence-corrected chi connectivity index (χ2v) is 26.1. The molecule has 0 bridgehead atoms. The molecule has 0 spiro atoms. The lowest BCUT2D eigenvalue weighted by atomic mass is 9.62. The Morgan fingerprint density at radius 3 is 0.855 bits per heavy atom. The van der Waals surface area contributed by atoms with Crippen molar-refractivity contribution in [3.63, 3.8) is 0 Å². The van der Waals surface area contributed by atoms with Gasteiger partial charge in [0.15, 0.2) is 0 Å². The first kappa shape index (κ1) is 43.1. The van der Waals surface area contributed by atoms with Crippen molar-refractivity contribution in [1.82, 2.24) is 20.4 Å². The van der Waals surface area contributed by atoms with Gasteiger partial charge in [0.25, 0.3) is 0 Å². The number of likely N-dealkylation sites (tertiary alicyclic amines) is 2. The van der Waals surface area contributed by atoms with Crippen LogP contribution in [0.3, 0.4) is 0 Å². The molecule has 14 unspecified atom stereocenters. The van der Waals surface area contributed by atoms with Crippen LogP contribution in [0.4, 0.5) is 0 Å². The largest absolute Gasteiger partial charge is 0.311 e. The fourth-order valence-electron chi connectivity index (χ4n) is 20.7. The van der Waals surface area contributed by atoms with Crippen LogP contribution in [-0.2, 0) is 0 Å². The third-order valence-electron chi connectivity index (χ3n) is 23.3. The van der Waals surface area contributed by atoms with E-state index in [-0.39, 0.29) is 0 Å². The molecule has 2 N–H and O–H groups in total. The molecular formula is C58H98N4. The average molecular weight is 851 g/mol. The molecule has 8 saturated carbocycles. The highest BCUT2D eigenvalue weighted by Crippen LogP contribution is 2.58. The zero-order valence-corrected chi connectivity index (χ0v) is 40.3. The number of piperidine rings is 2. The lowest BCUT2D eigenvalue weighted by molar-refractivity contribution is 0.00648. The normalized spacial score (nSPS) is 48.6. The highest BCUT2D eigenvalue weighted by atomic mass is 15.3. The lowest BCUT2D eigenvalue weighted by Crippen LogP contribution is -2.60. The van der Waals surface area contributed by atoms with Gasteiger partial charge in [0.05, 0.1) is 0 Å². The first-order valence-corrected chi connectivity index (χ1v) is 29.8. The molecule has 4 saturated heterocycles. The van der Waals surface area contributed by atoms with E-state index in [9.17, 15) is 0 Å². The molecule has 12 fully saturated rings. The zero-order valence-electron chi connectivity index (χ0n) is 40.3. The van der Waals surface area contributed by atoms with Gasteiger partial charge in [0.1, 0.15) is 0 Å². The molecule has 0 radical (unpaired) electrons. The molecule has 62 heavy (non-hydrogen) atoms. The van der Waals surface area contributed by atoms with Gasteiger partial charge in [-0.1, -0.05) is 103 Å². The summed E-state index contributed by atoms with van der Waals surface area (Å²) in [7, 11) is 0. The number of nitrogens with zero attached hydrogens (tertiary/aromatic N) is 2. The second-order valence-electron chi connectivity index (χ2n) is 26.1. The van der Waals surface area contributed by atoms with Gasteiger partial charge in [-0.15, -0.1) is 0 Å². The molecule has 4 aliphatic heterocycles. The quantitative estimate of drug-likeness (QED) is 0.267. The van der Waals surface area contributed by atoms with Gasteiger partial charge in [-0.05, 0) is 200 Å². The van der Waals surface area contributed by atoms with Crippen LogP contribution < -0.4 is 10.6 Å². The van der Waals surface area contributed by atoms with Crippen molar-refractivity contribution in [3.8, 4) is 0 Å². The molecule has 4 heteroatoms. The van der Waals surface area contributed by atoms with Gasteiger partial charge < -0.3 is 10.6 Å². The van der Waals surface area contributed by atoms with Crippen molar-refractivity contribution in [1.29, 1.82) is 0 Å². The molecule has 0 aromatic rings. The van der Waals surface area contributed by atoms with E-state index in [1.54, 1.807) is 64.2 Å². The van der Waals surface area contributed by atoms with E-state index in [2.05, 4.69) is 20.4 Å². The van der Waals surface area contributed by atoms with E-state index >= 15 is 0 Å². The number of hydrogen-bond acceptors (Lipinski definition) is 4. The summed E-state index contributed by atoms with van der Waals surface area (Å²) in [4.78, 5) is 6.82. The Bertz CT molecular complexity index is 1270. The van der Waals surface area contributed by atoms with Crippen LogP contribution in [0.25, 0.3) is 0 Å². The summed E-state index contributed by atoms with van der Waals surface area (Å²) in [6.07, 6.45) is 58.1. The van der Waals surface area contributed by atoms with Crippen molar-refractivity contribution in [3.05, 3.63) is 0 Å². The van der Waals surface area contributed by atoms with E-state index < -0.39 is 0 Å². The van der Waals surface area contributed by atoms with Crippen LogP contribution in [0.2, 0.25) is 0 Å². The van der Waals surface area contributed by atoms with E-state index in [0.29, 0.717) is 0 Å². The summed E-state index contributed by atoms with van der Waals surface area (Å²) in [5, 5.41) is 9.01. The van der Waals surface area contributed by atoms with Gasteiger partial charge in [0.2, 0.25) is 0 Å². The number of fused-ring (bicyclic) bond motifs is 6. The van der Waals surface area contributed by atoms with Crippen molar-refractivity contribution >= 4 is 0 Å². The minimum Gasteiger partial charge on any atom is -0.311 e. The van der Waals surface area contributed by atoms with Gasteiger partial charge in [0, 0.05) is 60.4 Å². The summed E-state index contributed by atoms with van der Waals surface area (Å²) in [5.41, 5.74) is 0. The molecular weight excluding hydrogens is 753 g/mol. The predicted octanol–water partition coefficient (Wildman–Crippen LogP) is 13.6. The Morgan fingerprint density at radius 1 is 0.226 bits per heavy atom. The highest BCUT2D eigenvalue weighted by Gasteiger charge is 2.58. The monoisotopic (exact) mass is 851 g/mol. The minimum atomic E-state index is 0.810. The van der Waals surface area contributed by atoms with Crippen LogP contribution in [0.1, 0.15) is 244 Å². The van der Waals surface area contributed by atoms with Gasteiger partial charge in [-0.2, -0.15) is 0 Å². The average Bonchev–Trinajstić information content (AvgIpc) is 3.87. The maximum atomic E-state index is 4.50. The van der Waals surface area contributed by atoms with Crippen molar-refractivity contribution < 1.29 is 0 Å². The Balaban J connectivity index is 0.755. The highest BCUT2D eigenvalue weighted by molar-refractivity contribution is 5.12. The zero-order chi connectivity index (χ0) is 41.0. The summed E-state index contributed by atoms with van der Waals surface area (Å²) < 4.78 is 0. The Morgan fingerprint density at radius 2 is 0.516 bits per heavy atom. The third kappa shape index (κ3) is 8.53. The summed E-state index contributed by atoms with van der Waals surface area (Å²) in [6.45, 7) is 0. The Hall–Kier alpha value is -0.160. The molecule has 350 valence electrons. The third-order valence-corrected chi connectivity index (χ3v) is 23.3. The van der Waals surface area contributed by atoms with Gasteiger partial charge in [-0.25, -0.2) is 0 Å². The summed E-state index contributed by atoms with van der Waals surface area (Å²) >= 11 is 0. The molecule has 4 nitrogen and oxygen atoms in total. The van der Waals surface area contributed by atoms with Crippen LogP contribution >= 0.6 is 0 Å². The van der Waals surface area contributed by atoms with Crippen LogP contribution in [0.5, 0.6) is 0 Å². The van der Waals surface area contributed by atoms with Crippen LogP contribution in [0, 0.1) is 59.2 Å². The molecule has 12 aliphatic rings. The number of hydrogen-bond donors (Lipinski definition) is 2.